The van der Waals surface area contributed by atoms with Crippen molar-refractivity contribution < 1.29 is 9.72 Å². The molecule has 1 atom stereocenters. The van der Waals surface area contributed by atoms with E-state index in [1.54, 1.807) is 19.1 Å². The lowest BCUT2D eigenvalue weighted by Gasteiger charge is -2.07. The first-order valence-corrected chi connectivity index (χ1v) is 5.24. The molecule has 0 radical (unpaired) electrons. The van der Waals surface area contributed by atoms with Crippen molar-refractivity contribution in [2.24, 2.45) is 0 Å². The molecule has 0 bridgehead atoms. The molecule has 0 N–H and O–H groups in total. The minimum Gasteiger partial charge on any atom is -0.298 e. The summed E-state index contributed by atoms with van der Waals surface area (Å²) in [5.41, 5.74) is 1.18. The molecule has 0 amide bonds. The van der Waals surface area contributed by atoms with Gasteiger partial charge in [-0.25, -0.2) is 0 Å². The van der Waals surface area contributed by atoms with Gasteiger partial charge in [0.25, 0.3) is 5.69 Å². The number of nitro benzene ring substituents is 1. The number of carbonyl (C=O) groups excluding carboxylic acids is 1. The fraction of sp³-hybridized carbons (Fsp3) is 0.300. The van der Waals surface area contributed by atoms with E-state index in [1.165, 1.54) is 13.0 Å². The lowest BCUT2D eigenvalue weighted by atomic mass is 10.1. The van der Waals surface area contributed by atoms with Gasteiger partial charge in [0.1, 0.15) is 10.6 Å². The summed E-state index contributed by atoms with van der Waals surface area (Å²) in [6.45, 7) is 3.16. The topological polar surface area (TPSA) is 60.2 Å². The number of aryl methyl sites for hydroxylation is 1. The van der Waals surface area contributed by atoms with Crippen LogP contribution >= 0.6 is 15.9 Å². The maximum absolute atomic E-state index is 11.1. The molecule has 0 fully saturated rings. The van der Waals surface area contributed by atoms with Gasteiger partial charge in [-0.3, -0.25) is 14.9 Å². The average molecular weight is 272 g/mol. The Labute approximate surface area is 95.6 Å². The van der Waals surface area contributed by atoms with Crippen LogP contribution in [0.4, 0.5) is 5.69 Å². The fourth-order valence-electron chi connectivity index (χ4n) is 1.25. The number of hydrogen-bond acceptors (Lipinski definition) is 3. The smallest absolute Gasteiger partial charge is 0.274 e. The van der Waals surface area contributed by atoms with Crippen LogP contribution in [0.2, 0.25) is 0 Å². The van der Waals surface area contributed by atoms with E-state index < -0.39 is 9.75 Å². The number of ketones is 1. The van der Waals surface area contributed by atoms with E-state index >= 15 is 0 Å². The number of carbonyl (C=O) groups is 1. The highest BCUT2D eigenvalue weighted by molar-refractivity contribution is 9.09. The predicted molar refractivity (Wildman–Crippen MR) is 60.2 cm³/mol. The number of nitrogens with zero attached hydrogens (tertiary/aromatic N) is 1. The Bertz CT molecular complexity index is 417. The van der Waals surface area contributed by atoms with E-state index in [-0.39, 0.29) is 11.5 Å². The number of rotatable bonds is 3. The Kier molecular flexibility index (Phi) is 3.57. The first-order chi connectivity index (χ1) is 6.93. The van der Waals surface area contributed by atoms with Gasteiger partial charge in [-0.1, -0.05) is 28.1 Å². The van der Waals surface area contributed by atoms with Crippen LogP contribution in [-0.2, 0) is 4.79 Å². The zero-order valence-corrected chi connectivity index (χ0v) is 9.95. The molecule has 5 heteroatoms. The van der Waals surface area contributed by atoms with Crippen LogP contribution in [0.1, 0.15) is 22.9 Å². The first-order valence-electron chi connectivity index (χ1n) is 4.33. The molecule has 0 aliphatic carbocycles. The molecule has 1 aromatic carbocycles. The van der Waals surface area contributed by atoms with Crippen LogP contribution in [-0.4, -0.2) is 10.7 Å². The molecule has 0 saturated carbocycles. The summed E-state index contributed by atoms with van der Waals surface area (Å²) in [5.74, 6) is -0.151. The number of Topliss-reactive ketones (excluding diaryl/α,β-unsaturated/α-hetero) is 1. The van der Waals surface area contributed by atoms with Gasteiger partial charge in [-0.2, -0.15) is 0 Å². The molecule has 0 aliphatic rings. The molecule has 0 aromatic heterocycles. The van der Waals surface area contributed by atoms with E-state index in [9.17, 15) is 14.9 Å². The Morgan fingerprint density at radius 1 is 1.53 bits per heavy atom. The highest BCUT2D eigenvalue weighted by Crippen LogP contribution is 2.32. The molecule has 4 nitrogen and oxygen atoms in total. The summed E-state index contributed by atoms with van der Waals surface area (Å²) in [6.07, 6.45) is 0. The molecule has 0 spiro atoms. The average Bonchev–Trinajstić information content (AvgIpc) is 2.16. The molecule has 80 valence electrons. The lowest BCUT2D eigenvalue weighted by Crippen LogP contribution is -2.04. The van der Waals surface area contributed by atoms with E-state index in [4.69, 9.17) is 0 Å². The summed E-state index contributed by atoms with van der Waals surface area (Å²) >= 11 is 3.14. The number of hydrogen-bond donors (Lipinski definition) is 0. The molecule has 0 saturated heterocycles. The van der Waals surface area contributed by atoms with Crippen molar-refractivity contribution in [2.75, 3.05) is 0 Å². The van der Waals surface area contributed by atoms with E-state index in [0.717, 1.165) is 5.56 Å². The third kappa shape index (κ3) is 2.62. The summed E-state index contributed by atoms with van der Waals surface area (Å²) in [4.78, 5) is 20.8. The minimum absolute atomic E-state index is 0.0212. The van der Waals surface area contributed by atoms with Gasteiger partial charge in [0, 0.05) is 6.07 Å². The second kappa shape index (κ2) is 4.53. The Hall–Kier alpha value is -1.23. The number of nitro groups is 1. The number of halogens is 1. The van der Waals surface area contributed by atoms with Gasteiger partial charge in [0.2, 0.25) is 0 Å². The number of alkyl halides is 1. The molecule has 1 rings (SSSR count). The summed E-state index contributed by atoms with van der Waals surface area (Å²) in [5, 5.41) is 10.8. The van der Waals surface area contributed by atoms with Crippen molar-refractivity contribution in [2.45, 2.75) is 18.7 Å². The van der Waals surface area contributed by atoms with Crippen LogP contribution in [0.5, 0.6) is 0 Å². The van der Waals surface area contributed by atoms with Crippen LogP contribution < -0.4 is 0 Å². The normalized spacial score (nSPS) is 12.2. The summed E-state index contributed by atoms with van der Waals surface area (Å²) in [7, 11) is 0. The van der Waals surface area contributed by atoms with Crippen molar-refractivity contribution in [3.05, 3.63) is 39.4 Å². The van der Waals surface area contributed by atoms with Crippen LogP contribution in [0, 0.1) is 17.0 Å². The van der Waals surface area contributed by atoms with Crippen molar-refractivity contribution in [3.63, 3.8) is 0 Å². The Morgan fingerprint density at radius 3 is 2.60 bits per heavy atom. The maximum atomic E-state index is 11.1. The lowest BCUT2D eigenvalue weighted by molar-refractivity contribution is -0.385. The van der Waals surface area contributed by atoms with E-state index in [1.807, 2.05) is 0 Å². The molecular formula is C10H10BrNO3. The van der Waals surface area contributed by atoms with Gasteiger partial charge in [0.15, 0.2) is 0 Å². The minimum atomic E-state index is -0.613. The fourth-order valence-corrected chi connectivity index (χ4v) is 1.63. The second-order valence-electron chi connectivity index (χ2n) is 3.29. The number of benzene rings is 1. The molecule has 1 aromatic rings. The molecule has 0 aliphatic heterocycles. The molecule has 0 heterocycles. The third-order valence-corrected chi connectivity index (χ3v) is 3.15. The Morgan fingerprint density at radius 2 is 2.13 bits per heavy atom. The predicted octanol–water partition coefficient (Wildman–Crippen LogP) is 2.93. The van der Waals surface area contributed by atoms with Crippen molar-refractivity contribution in [3.8, 4) is 0 Å². The van der Waals surface area contributed by atoms with E-state index in [2.05, 4.69) is 15.9 Å². The highest BCUT2D eigenvalue weighted by Gasteiger charge is 2.22. The zero-order chi connectivity index (χ0) is 11.6. The van der Waals surface area contributed by atoms with Crippen molar-refractivity contribution in [1.29, 1.82) is 0 Å². The quantitative estimate of drug-likeness (QED) is 0.483. The van der Waals surface area contributed by atoms with Gasteiger partial charge in [-0.05, 0) is 19.4 Å². The Balaban J connectivity index is 3.28. The van der Waals surface area contributed by atoms with Gasteiger partial charge in [-0.15, -0.1) is 0 Å². The van der Waals surface area contributed by atoms with Gasteiger partial charge >= 0.3 is 0 Å². The van der Waals surface area contributed by atoms with Crippen molar-refractivity contribution >= 4 is 27.4 Å². The summed E-state index contributed by atoms with van der Waals surface area (Å²) < 4.78 is 0. The van der Waals surface area contributed by atoms with Crippen molar-refractivity contribution in [1.82, 2.24) is 0 Å². The zero-order valence-electron chi connectivity index (χ0n) is 8.36. The highest BCUT2D eigenvalue weighted by atomic mass is 79.9. The largest absolute Gasteiger partial charge is 0.298 e. The SMILES string of the molecule is CC(=O)C(Br)c1ccc(C)cc1[N+](=O)[O-]. The maximum Gasteiger partial charge on any atom is 0.274 e. The molecular weight excluding hydrogens is 262 g/mol. The van der Waals surface area contributed by atoms with Gasteiger partial charge in [0.05, 0.1) is 10.5 Å². The van der Waals surface area contributed by atoms with Crippen LogP contribution in [0.25, 0.3) is 0 Å². The standard InChI is InChI=1S/C10H10BrNO3/c1-6-3-4-8(10(11)7(2)13)9(5-6)12(14)15/h3-5,10H,1-2H3. The summed E-state index contributed by atoms with van der Waals surface area (Å²) in [6, 6.07) is 4.82. The monoisotopic (exact) mass is 271 g/mol. The molecule has 1 unspecified atom stereocenters. The van der Waals surface area contributed by atoms with Crippen LogP contribution in [0.3, 0.4) is 0 Å². The third-order valence-electron chi connectivity index (χ3n) is 2.01. The first kappa shape index (κ1) is 11.8. The van der Waals surface area contributed by atoms with Gasteiger partial charge < -0.3 is 0 Å². The van der Waals surface area contributed by atoms with Crippen LogP contribution in [0.15, 0.2) is 18.2 Å². The van der Waals surface area contributed by atoms with E-state index in [0.29, 0.717) is 5.56 Å². The second-order valence-corrected chi connectivity index (χ2v) is 4.21. The molecule has 15 heavy (non-hydrogen) atoms.